The number of amides is 2. The maximum atomic E-state index is 10.7. The number of aryl methyl sites for hydroxylation is 1. The molecule has 0 saturated heterocycles. The highest BCUT2D eigenvalue weighted by Gasteiger charge is 2.12. The topological polar surface area (TPSA) is 95.2 Å². The number of hydrogen-bond donors (Lipinski definition) is 2. The Morgan fingerprint density at radius 2 is 2.00 bits per heavy atom. The molecule has 2 amide bonds. The van der Waals surface area contributed by atoms with Crippen molar-refractivity contribution in [1.82, 2.24) is 5.43 Å². The number of urea groups is 1. The molecule has 0 heterocycles. The number of rotatable bonds is 9. The lowest BCUT2D eigenvalue weighted by Crippen LogP contribution is -2.24. The third-order valence-corrected chi connectivity index (χ3v) is 3.90. The van der Waals surface area contributed by atoms with Crippen LogP contribution in [0.15, 0.2) is 46.0 Å². The van der Waals surface area contributed by atoms with Gasteiger partial charge in [0.05, 0.1) is 17.3 Å². The monoisotopic (exact) mass is 435 g/mol. The van der Waals surface area contributed by atoms with Gasteiger partial charge in [0.15, 0.2) is 11.5 Å². The zero-order chi connectivity index (χ0) is 19.6. The number of carbonyl (C=O) groups is 1. The predicted molar refractivity (Wildman–Crippen MR) is 108 cm³/mol. The maximum absolute atomic E-state index is 10.7. The van der Waals surface area contributed by atoms with Crippen LogP contribution in [0.25, 0.3) is 0 Å². The van der Waals surface area contributed by atoms with Gasteiger partial charge in [-0.2, -0.15) is 5.10 Å². The van der Waals surface area contributed by atoms with E-state index in [1.54, 1.807) is 12.1 Å². The van der Waals surface area contributed by atoms with Crippen molar-refractivity contribution in [3.8, 4) is 17.2 Å². The van der Waals surface area contributed by atoms with Gasteiger partial charge in [0.25, 0.3) is 0 Å². The van der Waals surface area contributed by atoms with E-state index in [2.05, 4.69) is 26.5 Å². The first-order valence-corrected chi connectivity index (χ1v) is 9.16. The summed E-state index contributed by atoms with van der Waals surface area (Å²) in [5, 5.41) is 3.74. The molecule has 0 unspecified atom stereocenters. The number of halogens is 1. The molecule has 2 aromatic carbocycles. The van der Waals surface area contributed by atoms with Crippen molar-refractivity contribution in [3.63, 3.8) is 0 Å². The van der Waals surface area contributed by atoms with Gasteiger partial charge < -0.3 is 19.9 Å². The first kappa shape index (κ1) is 20.6. The van der Waals surface area contributed by atoms with Gasteiger partial charge in [0, 0.05) is 0 Å². The molecule has 0 saturated carbocycles. The quantitative estimate of drug-likeness (QED) is 0.357. The molecule has 0 fully saturated rings. The van der Waals surface area contributed by atoms with Crippen molar-refractivity contribution in [2.45, 2.75) is 13.8 Å². The number of primary amides is 1. The van der Waals surface area contributed by atoms with E-state index < -0.39 is 6.03 Å². The second-order valence-corrected chi connectivity index (χ2v) is 6.37. The van der Waals surface area contributed by atoms with E-state index in [1.165, 1.54) is 6.21 Å². The molecule has 27 heavy (non-hydrogen) atoms. The van der Waals surface area contributed by atoms with Gasteiger partial charge in [-0.3, -0.25) is 0 Å². The van der Waals surface area contributed by atoms with E-state index in [0.717, 1.165) is 11.3 Å². The third kappa shape index (κ3) is 6.82. The van der Waals surface area contributed by atoms with Crippen LogP contribution in [0, 0.1) is 6.92 Å². The van der Waals surface area contributed by atoms with Crippen molar-refractivity contribution in [2.24, 2.45) is 10.8 Å². The van der Waals surface area contributed by atoms with Crippen LogP contribution in [0.1, 0.15) is 18.1 Å². The molecule has 2 rings (SSSR count). The van der Waals surface area contributed by atoms with Gasteiger partial charge in [-0.25, -0.2) is 10.2 Å². The fourth-order valence-corrected chi connectivity index (χ4v) is 2.82. The summed E-state index contributed by atoms with van der Waals surface area (Å²) in [6, 6.07) is 10.7. The molecular weight excluding hydrogens is 414 g/mol. The standard InChI is InChI=1S/C19H22BrN3O4/c1-3-25-17-11-14(12-22-23-19(21)24)10-16(20)18(17)27-8-7-26-15-6-4-5-13(2)9-15/h4-6,9-12H,3,7-8H2,1-2H3,(H3,21,23,24)/b22-12+. The van der Waals surface area contributed by atoms with E-state index in [4.69, 9.17) is 19.9 Å². The van der Waals surface area contributed by atoms with Gasteiger partial charge in [-0.05, 0) is 65.2 Å². The van der Waals surface area contributed by atoms with Crippen molar-refractivity contribution >= 4 is 28.2 Å². The molecule has 7 nitrogen and oxygen atoms in total. The van der Waals surface area contributed by atoms with Crippen LogP contribution < -0.4 is 25.4 Å². The van der Waals surface area contributed by atoms with Crippen molar-refractivity contribution in [1.29, 1.82) is 0 Å². The Bertz CT molecular complexity index is 812. The Morgan fingerprint density at radius 1 is 1.22 bits per heavy atom. The Balaban J connectivity index is 2.01. The summed E-state index contributed by atoms with van der Waals surface area (Å²) in [6.07, 6.45) is 1.46. The Hall–Kier alpha value is -2.74. The number of nitrogens with one attached hydrogen (secondary N) is 1. The average Bonchev–Trinajstić information content (AvgIpc) is 2.60. The molecular formula is C19H22BrN3O4. The fourth-order valence-electron chi connectivity index (χ4n) is 2.24. The van der Waals surface area contributed by atoms with Crippen LogP contribution in [-0.2, 0) is 0 Å². The van der Waals surface area contributed by atoms with Crippen molar-refractivity contribution in [2.75, 3.05) is 19.8 Å². The normalized spacial score (nSPS) is 10.6. The lowest BCUT2D eigenvalue weighted by molar-refractivity contribution is 0.207. The van der Waals surface area contributed by atoms with E-state index in [9.17, 15) is 4.79 Å². The van der Waals surface area contributed by atoms with Crippen molar-refractivity contribution < 1.29 is 19.0 Å². The van der Waals surface area contributed by atoms with E-state index in [1.807, 2.05) is 38.1 Å². The zero-order valence-electron chi connectivity index (χ0n) is 15.2. The minimum absolute atomic E-state index is 0.350. The Labute approximate surface area is 166 Å². The fraction of sp³-hybridized carbons (Fsp3) is 0.263. The molecule has 3 N–H and O–H groups in total. The molecule has 2 aromatic rings. The first-order valence-electron chi connectivity index (χ1n) is 8.36. The largest absolute Gasteiger partial charge is 0.490 e. The smallest absolute Gasteiger partial charge is 0.332 e. The Kier molecular flexibility index (Phi) is 7.94. The SMILES string of the molecule is CCOc1cc(/C=N/NC(N)=O)cc(Br)c1OCCOc1cccc(C)c1. The zero-order valence-corrected chi connectivity index (χ0v) is 16.8. The molecule has 8 heteroatoms. The molecule has 0 aliphatic carbocycles. The summed E-state index contributed by atoms with van der Waals surface area (Å²) in [6.45, 7) is 5.12. The lowest BCUT2D eigenvalue weighted by Gasteiger charge is -2.15. The summed E-state index contributed by atoms with van der Waals surface area (Å²) in [5.41, 5.74) is 8.97. The van der Waals surface area contributed by atoms with Gasteiger partial charge >= 0.3 is 6.03 Å². The molecule has 0 bridgehead atoms. The predicted octanol–water partition coefficient (Wildman–Crippen LogP) is 3.62. The van der Waals surface area contributed by atoms with E-state index >= 15 is 0 Å². The summed E-state index contributed by atoms with van der Waals surface area (Å²) in [7, 11) is 0. The van der Waals surface area contributed by atoms with Gasteiger partial charge in [0.1, 0.15) is 19.0 Å². The Morgan fingerprint density at radius 3 is 2.70 bits per heavy atom. The van der Waals surface area contributed by atoms with Crippen LogP contribution in [-0.4, -0.2) is 32.1 Å². The summed E-state index contributed by atoms with van der Waals surface area (Å²) >= 11 is 3.48. The van der Waals surface area contributed by atoms with Crippen LogP contribution in [0.3, 0.4) is 0 Å². The van der Waals surface area contributed by atoms with E-state index in [0.29, 0.717) is 41.4 Å². The van der Waals surface area contributed by atoms with E-state index in [-0.39, 0.29) is 0 Å². The van der Waals surface area contributed by atoms with Crippen LogP contribution >= 0.6 is 15.9 Å². The van der Waals surface area contributed by atoms with Crippen LogP contribution in [0.2, 0.25) is 0 Å². The highest BCUT2D eigenvalue weighted by atomic mass is 79.9. The molecule has 144 valence electrons. The molecule has 0 aliphatic rings. The number of carbonyl (C=O) groups excluding carboxylic acids is 1. The average molecular weight is 436 g/mol. The second kappa shape index (κ2) is 10.4. The van der Waals surface area contributed by atoms with Crippen molar-refractivity contribution in [3.05, 3.63) is 52.0 Å². The number of nitrogens with two attached hydrogens (primary N) is 1. The minimum Gasteiger partial charge on any atom is -0.490 e. The molecule has 0 atom stereocenters. The van der Waals surface area contributed by atoms with Gasteiger partial charge in [-0.15, -0.1) is 0 Å². The lowest BCUT2D eigenvalue weighted by atomic mass is 10.2. The molecule has 0 aromatic heterocycles. The highest BCUT2D eigenvalue weighted by molar-refractivity contribution is 9.10. The number of hydrazone groups is 1. The third-order valence-electron chi connectivity index (χ3n) is 3.31. The highest BCUT2D eigenvalue weighted by Crippen LogP contribution is 2.36. The number of benzene rings is 2. The molecule has 0 aliphatic heterocycles. The number of nitrogens with zero attached hydrogens (tertiary/aromatic N) is 1. The second-order valence-electron chi connectivity index (χ2n) is 5.51. The molecule has 0 radical (unpaired) electrons. The summed E-state index contributed by atoms with van der Waals surface area (Å²) in [4.78, 5) is 10.7. The summed E-state index contributed by atoms with van der Waals surface area (Å²) in [5.74, 6) is 1.93. The van der Waals surface area contributed by atoms with Crippen LogP contribution in [0.5, 0.6) is 17.2 Å². The molecule has 0 spiro atoms. The number of hydrogen-bond acceptors (Lipinski definition) is 5. The van der Waals surface area contributed by atoms with Gasteiger partial charge in [-0.1, -0.05) is 12.1 Å². The summed E-state index contributed by atoms with van der Waals surface area (Å²) < 4.78 is 17.9. The maximum Gasteiger partial charge on any atom is 0.332 e. The number of ether oxygens (including phenoxy) is 3. The van der Waals surface area contributed by atoms with Gasteiger partial charge in [0.2, 0.25) is 0 Å². The minimum atomic E-state index is -0.732. The van der Waals surface area contributed by atoms with Crippen LogP contribution in [0.4, 0.5) is 4.79 Å². The first-order chi connectivity index (χ1) is 13.0.